The molecule has 2 nitrogen and oxygen atoms in total. The van der Waals surface area contributed by atoms with E-state index in [9.17, 15) is 9.59 Å². The highest BCUT2D eigenvalue weighted by Gasteiger charge is 2.16. The molecule has 0 aliphatic heterocycles. The van der Waals surface area contributed by atoms with Gasteiger partial charge >= 0.3 is 0 Å². The Labute approximate surface area is 262 Å². The molecule has 0 aliphatic carbocycles. The van der Waals surface area contributed by atoms with Gasteiger partial charge in [-0.1, -0.05) is 141 Å². The quantitative estimate of drug-likeness (QED) is 0.0660. The molecule has 228 valence electrons. The Balaban J connectivity index is 1.26. The van der Waals surface area contributed by atoms with Gasteiger partial charge in [-0.05, 0) is 25.0 Å². The molecule has 0 aliphatic rings. The number of carbonyl (C=O) groups is 2. The zero-order valence-corrected chi connectivity index (χ0v) is 27.9. The summed E-state index contributed by atoms with van der Waals surface area (Å²) in [7, 11) is 0. The second-order valence-electron chi connectivity index (χ2n) is 12.3. The lowest BCUT2D eigenvalue weighted by molar-refractivity contribution is 0.0971. The average Bonchev–Trinajstić information content (AvgIpc) is 3.54. The molecule has 0 amide bonds. The number of fused-ring (bicyclic) bond motifs is 5. The van der Waals surface area contributed by atoms with Crippen LogP contribution in [0.5, 0.6) is 0 Å². The van der Waals surface area contributed by atoms with Gasteiger partial charge in [0.25, 0.3) is 0 Å². The molecular weight excluding hydrogens is 553 g/mol. The van der Waals surface area contributed by atoms with Gasteiger partial charge in [0.1, 0.15) is 0 Å². The van der Waals surface area contributed by atoms with Crippen LogP contribution in [0.3, 0.4) is 0 Å². The number of Topliss-reactive ketones (excluding diaryl/α,β-unsaturated/α-hetero) is 2. The van der Waals surface area contributed by atoms with Gasteiger partial charge in [-0.2, -0.15) is 0 Å². The third kappa shape index (κ3) is 9.48. The van der Waals surface area contributed by atoms with Crippen LogP contribution in [-0.4, -0.2) is 11.6 Å². The maximum atomic E-state index is 12.9. The summed E-state index contributed by atoms with van der Waals surface area (Å²) in [5.74, 6) is 0.549. The molecule has 0 N–H and O–H groups in total. The van der Waals surface area contributed by atoms with Gasteiger partial charge in [-0.25, -0.2) is 0 Å². The monoisotopic (exact) mass is 604 g/mol. The van der Waals surface area contributed by atoms with Crippen LogP contribution in [0, 0.1) is 0 Å². The van der Waals surface area contributed by atoms with Crippen molar-refractivity contribution in [2.24, 2.45) is 0 Å². The van der Waals surface area contributed by atoms with Crippen LogP contribution in [0.2, 0.25) is 0 Å². The summed E-state index contributed by atoms with van der Waals surface area (Å²) in [4.78, 5) is 25.8. The SMILES string of the molecule is CCCCCCCCCCCC(=O)c1ccc2c(c1)sc1c3ccc(C(=O)CCCCCCCCCCC)cc3sc21. The highest BCUT2D eigenvalue weighted by atomic mass is 32.1. The van der Waals surface area contributed by atoms with Crippen molar-refractivity contribution in [3.8, 4) is 0 Å². The number of hydrogen-bond acceptors (Lipinski definition) is 4. The Morgan fingerprint density at radius 3 is 1.17 bits per heavy atom. The molecular formula is C38H52O2S2. The van der Waals surface area contributed by atoms with Crippen molar-refractivity contribution in [2.75, 3.05) is 0 Å². The fourth-order valence-electron chi connectivity index (χ4n) is 6.08. The zero-order valence-electron chi connectivity index (χ0n) is 26.2. The van der Waals surface area contributed by atoms with Gasteiger partial charge in [-0.3, -0.25) is 9.59 Å². The van der Waals surface area contributed by atoms with Gasteiger partial charge in [0.2, 0.25) is 0 Å². The first kappa shape index (κ1) is 32.9. The summed E-state index contributed by atoms with van der Waals surface area (Å²) in [6.45, 7) is 4.52. The Kier molecular flexibility index (Phi) is 14.0. The highest BCUT2D eigenvalue weighted by Crippen LogP contribution is 2.44. The Hall–Kier alpha value is -2.04. The minimum atomic E-state index is 0.275. The molecule has 0 atom stereocenters. The topological polar surface area (TPSA) is 34.1 Å². The zero-order chi connectivity index (χ0) is 29.6. The van der Waals surface area contributed by atoms with Crippen LogP contribution in [0.25, 0.3) is 29.6 Å². The van der Waals surface area contributed by atoms with Crippen molar-refractivity contribution in [3.05, 3.63) is 47.5 Å². The van der Waals surface area contributed by atoms with E-state index in [2.05, 4.69) is 38.1 Å². The van der Waals surface area contributed by atoms with Crippen LogP contribution in [-0.2, 0) is 0 Å². The van der Waals surface area contributed by atoms with Gasteiger partial charge in [0.05, 0.1) is 9.40 Å². The normalized spacial score (nSPS) is 11.8. The number of unbranched alkanes of at least 4 members (excludes halogenated alkanes) is 16. The Morgan fingerprint density at radius 1 is 0.476 bits per heavy atom. The third-order valence-electron chi connectivity index (χ3n) is 8.74. The predicted molar refractivity (Wildman–Crippen MR) is 187 cm³/mol. The van der Waals surface area contributed by atoms with Gasteiger partial charge in [-0.15, -0.1) is 22.7 Å². The van der Waals surface area contributed by atoms with E-state index >= 15 is 0 Å². The molecule has 0 bridgehead atoms. The van der Waals surface area contributed by atoms with Crippen LogP contribution in [0.4, 0.5) is 0 Å². The first-order valence-corrected chi connectivity index (χ1v) is 18.7. The molecule has 0 saturated carbocycles. The Morgan fingerprint density at radius 2 is 0.810 bits per heavy atom. The average molecular weight is 605 g/mol. The van der Waals surface area contributed by atoms with E-state index < -0.39 is 0 Å². The maximum Gasteiger partial charge on any atom is 0.162 e. The molecule has 2 aromatic heterocycles. The fourth-order valence-corrected chi connectivity index (χ4v) is 8.82. The van der Waals surface area contributed by atoms with Crippen LogP contribution in [0.15, 0.2) is 36.4 Å². The lowest BCUT2D eigenvalue weighted by Crippen LogP contribution is -1.98. The molecule has 2 heterocycles. The van der Waals surface area contributed by atoms with Crippen LogP contribution >= 0.6 is 22.7 Å². The number of hydrogen-bond donors (Lipinski definition) is 0. The summed E-state index contributed by atoms with van der Waals surface area (Å²) in [6, 6.07) is 12.5. The van der Waals surface area contributed by atoms with Crippen molar-refractivity contribution in [1.82, 2.24) is 0 Å². The van der Waals surface area contributed by atoms with E-state index in [0.29, 0.717) is 12.8 Å². The molecule has 4 heteroatoms. The largest absolute Gasteiger partial charge is 0.294 e. The van der Waals surface area contributed by atoms with Gasteiger partial charge < -0.3 is 0 Å². The summed E-state index contributed by atoms with van der Waals surface area (Å²) in [6.07, 6.45) is 24.2. The molecule has 2 aromatic carbocycles. The van der Waals surface area contributed by atoms with Crippen molar-refractivity contribution in [1.29, 1.82) is 0 Å². The van der Waals surface area contributed by atoms with E-state index in [4.69, 9.17) is 0 Å². The number of ketones is 2. The number of rotatable bonds is 22. The van der Waals surface area contributed by atoms with Crippen LogP contribution in [0.1, 0.15) is 163 Å². The second kappa shape index (κ2) is 17.9. The number of benzene rings is 2. The van der Waals surface area contributed by atoms with Gasteiger partial charge in [0.15, 0.2) is 11.6 Å². The van der Waals surface area contributed by atoms with E-state index in [1.54, 1.807) is 22.7 Å². The smallest absolute Gasteiger partial charge is 0.162 e. The van der Waals surface area contributed by atoms with Gasteiger partial charge in [0, 0.05) is 44.1 Å². The minimum absolute atomic E-state index is 0.275. The molecule has 0 unspecified atom stereocenters. The lowest BCUT2D eigenvalue weighted by Gasteiger charge is -2.03. The summed E-state index contributed by atoms with van der Waals surface area (Å²) in [5.41, 5.74) is 1.70. The maximum absolute atomic E-state index is 12.9. The fraction of sp³-hybridized carbons (Fsp3) is 0.579. The number of thiophene rings is 2. The first-order valence-electron chi connectivity index (χ1n) is 17.1. The van der Waals surface area contributed by atoms with E-state index in [-0.39, 0.29) is 11.6 Å². The standard InChI is InChI=1S/C38H52O2S2/c1-3-5-7-9-11-13-15-17-19-21-33(39)29-23-25-31-35(27-29)41-38-32-26-24-30(28-36(32)42-37(31)38)34(40)22-20-18-16-14-12-10-8-6-4-2/h23-28H,3-22H2,1-2H3. The number of carbonyl (C=O) groups excluding carboxylic acids is 2. The van der Waals surface area contributed by atoms with Crippen molar-refractivity contribution in [2.45, 2.75) is 142 Å². The second-order valence-corrected chi connectivity index (χ2v) is 14.4. The van der Waals surface area contributed by atoms with Crippen molar-refractivity contribution >= 4 is 63.8 Å². The third-order valence-corrected chi connectivity index (χ3v) is 11.2. The molecule has 0 radical (unpaired) electrons. The summed E-state index contributed by atoms with van der Waals surface area (Å²) < 4.78 is 4.96. The highest BCUT2D eigenvalue weighted by molar-refractivity contribution is 7.36. The molecule has 0 spiro atoms. The van der Waals surface area contributed by atoms with E-state index in [1.807, 2.05) is 12.1 Å². The minimum Gasteiger partial charge on any atom is -0.294 e. The first-order chi connectivity index (χ1) is 20.6. The van der Waals surface area contributed by atoms with Crippen molar-refractivity contribution < 1.29 is 9.59 Å². The van der Waals surface area contributed by atoms with E-state index in [1.165, 1.54) is 119 Å². The summed E-state index contributed by atoms with van der Waals surface area (Å²) >= 11 is 3.57. The molecule has 0 fully saturated rings. The van der Waals surface area contributed by atoms with Crippen LogP contribution < -0.4 is 0 Å². The van der Waals surface area contributed by atoms with Crippen molar-refractivity contribution in [3.63, 3.8) is 0 Å². The molecule has 0 saturated heterocycles. The molecule has 42 heavy (non-hydrogen) atoms. The molecule has 4 rings (SSSR count). The summed E-state index contributed by atoms with van der Waals surface area (Å²) in [5, 5.41) is 2.47. The Bertz CT molecular complexity index is 1300. The lowest BCUT2D eigenvalue weighted by atomic mass is 10.0. The predicted octanol–water partition coefficient (Wildman–Crippen LogP) is 13.5. The van der Waals surface area contributed by atoms with E-state index in [0.717, 1.165) is 36.8 Å². The molecule has 4 aromatic rings.